The van der Waals surface area contributed by atoms with Gasteiger partial charge in [0.15, 0.2) is 0 Å². The summed E-state index contributed by atoms with van der Waals surface area (Å²) in [6, 6.07) is 0. The molecule has 0 fully saturated rings. The van der Waals surface area contributed by atoms with Crippen LogP contribution in [0.15, 0.2) is 0 Å². The van der Waals surface area contributed by atoms with E-state index >= 15 is 0 Å². The molecule has 0 atom stereocenters. The van der Waals surface area contributed by atoms with Crippen molar-refractivity contribution in [3.05, 3.63) is 0 Å². The molecule has 0 saturated heterocycles. The molecule has 0 aromatic carbocycles. The Balaban J connectivity index is 3.07. The lowest BCUT2D eigenvalue weighted by Gasteiger charge is -2.02. The number of unbranched alkanes of at least 4 members (excludes halogenated alkanes) is 2. The van der Waals surface area contributed by atoms with Crippen LogP contribution in [0.1, 0.15) is 32.6 Å². The van der Waals surface area contributed by atoms with Crippen molar-refractivity contribution in [2.24, 2.45) is 0 Å². The van der Waals surface area contributed by atoms with E-state index < -0.39 is 10.1 Å². The normalized spacial score (nSPS) is 11.9. The predicted molar refractivity (Wildman–Crippen MR) is 55.8 cm³/mol. The maximum Gasteiger partial charge on any atom is 0.264 e. The van der Waals surface area contributed by atoms with Gasteiger partial charge in [0.2, 0.25) is 0 Å². The molecule has 0 aliphatic carbocycles. The van der Waals surface area contributed by atoms with Crippen molar-refractivity contribution in [2.45, 2.75) is 32.6 Å². The molecule has 0 aliphatic rings. The summed E-state index contributed by atoms with van der Waals surface area (Å²) in [5, 5.41) is 0. The fraction of sp³-hybridized carbons (Fsp3) is 1.00. The Morgan fingerprint density at radius 2 is 1.64 bits per heavy atom. The van der Waals surface area contributed by atoms with Gasteiger partial charge in [-0.05, 0) is 25.7 Å². The molecule has 0 bridgehead atoms. The molecular formula is C9H20O4S. The fourth-order valence-corrected chi connectivity index (χ4v) is 1.36. The van der Waals surface area contributed by atoms with Crippen molar-refractivity contribution in [2.75, 3.05) is 26.1 Å². The van der Waals surface area contributed by atoms with Gasteiger partial charge in [-0.3, -0.25) is 4.18 Å². The Hall–Kier alpha value is -0.130. The Morgan fingerprint density at radius 1 is 1.00 bits per heavy atom. The van der Waals surface area contributed by atoms with E-state index in [2.05, 4.69) is 11.1 Å². The minimum Gasteiger partial charge on any atom is -0.381 e. The molecule has 0 heterocycles. The summed E-state index contributed by atoms with van der Waals surface area (Å²) in [7, 11) is -3.26. The summed E-state index contributed by atoms with van der Waals surface area (Å²) in [6.45, 7) is 3.92. The summed E-state index contributed by atoms with van der Waals surface area (Å²) in [5.74, 6) is 0. The van der Waals surface area contributed by atoms with Crippen LogP contribution in [-0.2, 0) is 19.0 Å². The second-order valence-corrected chi connectivity index (χ2v) is 4.84. The lowest BCUT2D eigenvalue weighted by molar-refractivity contribution is 0.129. The van der Waals surface area contributed by atoms with Gasteiger partial charge >= 0.3 is 0 Å². The van der Waals surface area contributed by atoms with Crippen molar-refractivity contribution < 1.29 is 17.3 Å². The van der Waals surface area contributed by atoms with Gasteiger partial charge in [-0.1, -0.05) is 6.92 Å². The predicted octanol–water partition coefficient (Wildman–Crippen LogP) is 1.56. The van der Waals surface area contributed by atoms with Crippen molar-refractivity contribution in [1.82, 2.24) is 0 Å². The van der Waals surface area contributed by atoms with Crippen LogP contribution in [0.25, 0.3) is 0 Å². The van der Waals surface area contributed by atoms with E-state index in [1.165, 1.54) is 0 Å². The minimum atomic E-state index is -3.26. The van der Waals surface area contributed by atoms with E-state index in [1.54, 1.807) is 0 Å². The lowest BCUT2D eigenvalue weighted by atomic mass is 10.2. The zero-order valence-electron chi connectivity index (χ0n) is 8.99. The van der Waals surface area contributed by atoms with Crippen LogP contribution >= 0.6 is 0 Å². The molecular weight excluding hydrogens is 204 g/mol. The first-order valence-corrected chi connectivity index (χ1v) is 6.80. The quantitative estimate of drug-likeness (QED) is 0.440. The highest BCUT2D eigenvalue weighted by molar-refractivity contribution is 7.85. The van der Waals surface area contributed by atoms with Gasteiger partial charge < -0.3 is 4.74 Å². The van der Waals surface area contributed by atoms with Gasteiger partial charge in [0.1, 0.15) is 0 Å². The summed E-state index contributed by atoms with van der Waals surface area (Å²) >= 11 is 0. The van der Waals surface area contributed by atoms with Gasteiger partial charge in [-0.15, -0.1) is 0 Å². The highest BCUT2D eigenvalue weighted by Gasteiger charge is 1.99. The Morgan fingerprint density at radius 3 is 2.21 bits per heavy atom. The number of ether oxygens (including phenoxy) is 1. The summed E-state index contributed by atoms with van der Waals surface area (Å²) in [4.78, 5) is 0. The first-order valence-electron chi connectivity index (χ1n) is 4.98. The molecule has 14 heavy (non-hydrogen) atoms. The van der Waals surface area contributed by atoms with Crippen molar-refractivity contribution >= 4 is 10.1 Å². The molecule has 0 N–H and O–H groups in total. The molecule has 0 spiro atoms. The highest BCUT2D eigenvalue weighted by atomic mass is 32.2. The van der Waals surface area contributed by atoms with E-state index in [0.717, 1.165) is 45.2 Å². The number of hydrogen-bond acceptors (Lipinski definition) is 4. The smallest absolute Gasteiger partial charge is 0.264 e. The molecule has 5 heteroatoms. The molecule has 0 radical (unpaired) electrons. The first-order chi connectivity index (χ1) is 6.56. The number of rotatable bonds is 9. The molecule has 0 aromatic rings. The largest absolute Gasteiger partial charge is 0.381 e. The molecule has 4 nitrogen and oxygen atoms in total. The third kappa shape index (κ3) is 11.9. The van der Waals surface area contributed by atoms with E-state index in [-0.39, 0.29) is 6.61 Å². The molecule has 0 aromatic heterocycles. The van der Waals surface area contributed by atoms with Gasteiger partial charge in [0.25, 0.3) is 10.1 Å². The van der Waals surface area contributed by atoms with Crippen LogP contribution in [0, 0.1) is 0 Å². The second-order valence-electron chi connectivity index (χ2n) is 3.20. The maximum absolute atomic E-state index is 10.6. The molecule has 0 saturated carbocycles. The molecule has 86 valence electrons. The standard InChI is InChI=1S/C9H20O4S/c1-3-7-12-8-5-4-6-9-13-14(2,10)11/h3-9H2,1-2H3. The van der Waals surface area contributed by atoms with E-state index in [0.29, 0.717) is 0 Å². The van der Waals surface area contributed by atoms with Crippen LogP contribution in [0.3, 0.4) is 0 Å². The van der Waals surface area contributed by atoms with Gasteiger partial charge in [0, 0.05) is 13.2 Å². The van der Waals surface area contributed by atoms with Crippen LogP contribution < -0.4 is 0 Å². The van der Waals surface area contributed by atoms with E-state index in [4.69, 9.17) is 4.74 Å². The Labute approximate surface area is 86.7 Å². The Kier molecular flexibility index (Phi) is 8.12. The summed E-state index contributed by atoms with van der Waals surface area (Å²) in [6.07, 6.45) is 4.78. The first kappa shape index (κ1) is 13.9. The lowest BCUT2D eigenvalue weighted by Crippen LogP contribution is -2.04. The van der Waals surface area contributed by atoms with Crippen LogP contribution in [0.4, 0.5) is 0 Å². The van der Waals surface area contributed by atoms with Crippen molar-refractivity contribution in [3.8, 4) is 0 Å². The topological polar surface area (TPSA) is 52.6 Å². The summed E-state index contributed by atoms with van der Waals surface area (Å²) in [5.41, 5.74) is 0. The maximum atomic E-state index is 10.6. The van der Waals surface area contributed by atoms with E-state index in [1.807, 2.05) is 0 Å². The van der Waals surface area contributed by atoms with Gasteiger partial charge in [0.05, 0.1) is 12.9 Å². The Bertz CT molecular complexity index is 211. The summed E-state index contributed by atoms with van der Waals surface area (Å²) < 4.78 is 31.0. The monoisotopic (exact) mass is 224 g/mol. The molecule has 0 aliphatic heterocycles. The molecule has 0 unspecified atom stereocenters. The third-order valence-corrected chi connectivity index (χ3v) is 2.17. The third-order valence-electron chi connectivity index (χ3n) is 1.58. The number of hydrogen-bond donors (Lipinski definition) is 0. The molecule has 0 amide bonds. The van der Waals surface area contributed by atoms with Crippen LogP contribution in [-0.4, -0.2) is 34.5 Å². The van der Waals surface area contributed by atoms with Crippen LogP contribution in [0.2, 0.25) is 0 Å². The second kappa shape index (κ2) is 8.20. The average molecular weight is 224 g/mol. The highest BCUT2D eigenvalue weighted by Crippen LogP contribution is 1.98. The zero-order valence-corrected chi connectivity index (χ0v) is 9.81. The van der Waals surface area contributed by atoms with Crippen LogP contribution in [0.5, 0.6) is 0 Å². The SMILES string of the molecule is CCCOCCCCCOS(C)(=O)=O. The zero-order chi connectivity index (χ0) is 10.9. The van der Waals surface area contributed by atoms with Crippen molar-refractivity contribution in [1.29, 1.82) is 0 Å². The fourth-order valence-electron chi connectivity index (χ4n) is 0.940. The minimum absolute atomic E-state index is 0.284. The molecule has 0 rings (SSSR count). The van der Waals surface area contributed by atoms with Gasteiger partial charge in [-0.2, -0.15) is 8.42 Å². The average Bonchev–Trinajstić information content (AvgIpc) is 2.08. The van der Waals surface area contributed by atoms with Crippen molar-refractivity contribution in [3.63, 3.8) is 0 Å². The van der Waals surface area contributed by atoms with Gasteiger partial charge in [-0.25, -0.2) is 0 Å². The van der Waals surface area contributed by atoms with E-state index in [9.17, 15) is 8.42 Å².